The maximum atomic E-state index is 12.4. The molecule has 2 rings (SSSR count). The first kappa shape index (κ1) is 15.6. The van der Waals surface area contributed by atoms with Crippen molar-refractivity contribution in [3.63, 3.8) is 0 Å². The molecule has 0 heterocycles. The van der Waals surface area contributed by atoms with Crippen molar-refractivity contribution in [3.05, 3.63) is 35.4 Å². The molecule has 112 valence electrons. The fourth-order valence-corrected chi connectivity index (χ4v) is 2.67. The Morgan fingerprint density at radius 1 is 1.29 bits per heavy atom. The van der Waals surface area contributed by atoms with Crippen LogP contribution >= 0.6 is 0 Å². The quantitative estimate of drug-likeness (QED) is 0.839. The highest BCUT2D eigenvalue weighted by molar-refractivity contribution is 5.96. The summed E-state index contributed by atoms with van der Waals surface area (Å²) in [7, 11) is 0. The molecule has 0 atom stereocenters. The Morgan fingerprint density at radius 3 is 2.71 bits per heavy atom. The normalized spacial score (nSPS) is 21.2. The van der Waals surface area contributed by atoms with Gasteiger partial charge in [0.25, 0.3) is 5.91 Å². The van der Waals surface area contributed by atoms with E-state index in [0.717, 1.165) is 24.3 Å². The Kier molecular flexibility index (Phi) is 5.83. The number of carbonyl (C=O) groups excluding carboxylic acids is 1. The maximum Gasteiger partial charge on any atom is 0.252 e. The predicted octanol–water partition coefficient (Wildman–Crippen LogP) is 2.73. The molecule has 1 aliphatic carbocycles. The summed E-state index contributed by atoms with van der Waals surface area (Å²) in [4.78, 5) is 12.4. The minimum atomic E-state index is -0.0385. The van der Waals surface area contributed by atoms with E-state index in [-0.39, 0.29) is 18.6 Å². The molecule has 2 N–H and O–H groups in total. The van der Waals surface area contributed by atoms with Gasteiger partial charge in [-0.1, -0.05) is 30.9 Å². The topological polar surface area (TPSA) is 49.3 Å². The van der Waals surface area contributed by atoms with Gasteiger partial charge in [0.15, 0.2) is 0 Å². The van der Waals surface area contributed by atoms with Crippen LogP contribution in [-0.2, 0) is 0 Å². The molecule has 1 aromatic rings. The SMILES string of the molecule is CC1CCC(NC(=O)c2ccccc2C#CCCO)CC1. The van der Waals surface area contributed by atoms with Crippen molar-refractivity contribution in [2.45, 2.75) is 45.1 Å². The van der Waals surface area contributed by atoms with Gasteiger partial charge in [0.1, 0.15) is 0 Å². The Morgan fingerprint density at radius 2 is 2.00 bits per heavy atom. The van der Waals surface area contributed by atoms with Gasteiger partial charge in [-0.25, -0.2) is 0 Å². The second kappa shape index (κ2) is 7.85. The summed E-state index contributed by atoms with van der Waals surface area (Å²) < 4.78 is 0. The van der Waals surface area contributed by atoms with Gasteiger partial charge in [-0.2, -0.15) is 0 Å². The van der Waals surface area contributed by atoms with E-state index in [4.69, 9.17) is 5.11 Å². The summed E-state index contributed by atoms with van der Waals surface area (Å²) in [6.45, 7) is 2.31. The van der Waals surface area contributed by atoms with E-state index < -0.39 is 0 Å². The third kappa shape index (κ3) is 4.61. The average Bonchev–Trinajstić information content (AvgIpc) is 2.50. The van der Waals surface area contributed by atoms with Gasteiger partial charge in [0.2, 0.25) is 0 Å². The molecule has 1 aromatic carbocycles. The predicted molar refractivity (Wildman–Crippen MR) is 83.9 cm³/mol. The monoisotopic (exact) mass is 285 g/mol. The van der Waals surface area contributed by atoms with Gasteiger partial charge in [-0.15, -0.1) is 0 Å². The minimum Gasteiger partial charge on any atom is -0.395 e. The molecule has 1 saturated carbocycles. The molecule has 0 spiro atoms. The lowest BCUT2D eigenvalue weighted by Gasteiger charge is -2.27. The van der Waals surface area contributed by atoms with Gasteiger partial charge in [0.05, 0.1) is 12.2 Å². The molecule has 1 aliphatic rings. The van der Waals surface area contributed by atoms with Gasteiger partial charge in [0, 0.05) is 18.0 Å². The zero-order valence-corrected chi connectivity index (χ0v) is 12.6. The summed E-state index contributed by atoms with van der Waals surface area (Å²) in [6.07, 6.45) is 4.92. The number of nitrogens with one attached hydrogen (secondary N) is 1. The van der Waals surface area contributed by atoms with Crippen LogP contribution in [0.3, 0.4) is 0 Å². The maximum absolute atomic E-state index is 12.4. The van der Waals surface area contributed by atoms with Crippen molar-refractivity contribution in [1.29, 1.82) is 0 Å². The summed E-state index contributed by atoms with van der Waals surface area (Å²) in [5, 5.41) is 11.9. The second-order valence-electron chi connectivity index (χ2n) is 5.75. The molecule has 3 heteroatoms. The van der Waals surface area contributed by atoms with Crippen LogP contribution in [0.25, 0.3) is 0 Å². The number of carbonyl (C=O) groups is 1. The number of amides is 1. The third-order valence-corrected chi connectivity index (χ3v) is 3.98. The van der Waals surface area contributed by atoms with Crippen molar-refractivity contribution >= 4 is 5.91 Å². The largest absolute Gasteiger partial charge is 0.395 e. The number of benzene rings is 1. The van der Waals surface area contributed by atoms with E-state index in [1.807, 2.05) is 24.3 Å². The summed E-state index contributed by atoms with van der Waals surface area (Å²) in [5.74, 6) is 6.58. The molecule has 3 nitrogen and oxygen atoms in total. The van der Waals surface area contributed by atoms with E-state index in [9.17, 15) is 4.79 Å². The van der Waals surface area contributed by atoms with Crippen LogP contribution in [0.15, 0.2) is 24.3 Å². The number of hydrogen-bond acceptors (Lipinski definition) is 2. The van der Waals surface area contributed by atoms with E-state index in [0.29, 0.717) is 12.0 Å². The van der Waals surface area contributed by atoms with Gasteiger partial charge >= 0.3 is 0 Å². The van der Waals surface area contributed by atoms with Crippen LogP contribution in [0.4, 0.5) is 0 Å². The molecule has 0 saturated heterocycles. The van der Waals surface area contributed by atoms with Gasteiger partial charge < -0.3 is 10.4 Å². The molecule has 21 heavy (non-hydrogen) atoms. The van der Waals surface area contributed by atoms with Crippen LogP contribution in [0.5, 0.6) is 0 Å². The van der Waals surface area contributed by atoms with Crippen molar-refractivity contribution in [1.82, 2.24) is 5.32 Å². The Labute approximate surface area is 126 Å². The molecular formula is C18H23NO2. The van der Waals surface area contributed by atoms with Gasteiger partial charge in [-0.05, 0) is 43.7 Å². The van der Waals surface area contributed by atoms with Crippen LogP contribution in [-0.4, -0.2) is 23.7 Å². The molecule has 1 amide bonds. The lowest BCUT2D eigenvalue weighted by molar-refractivity contribution is 0.0923. The Hall–Kier alpha value is -1.79. The standard InChI is InChI=1S/C18H23NO2/c1-14-9-11-16(12-10-14)19-18(21)17-8-3-2-6-15(17)7-4-5-13-20/h2-3,6,8,14,16,20H,5,9-13H2,1H3,(H,19,21). The smallest absolute Gasteiger partial charge is 0.252 e. The van der Waals surface area contributed by atoms with E-state index in [2.05, 4.69) is 24.1 Å². The molecule has 0 aliphatic heterocycles. The van der Waals surface area contributed by atoms with Crippen molar-refractivity contribution < 1.29 is 9.90 Å². The zero-order chi connectivity index (χ0) is 15.1. The number of aliphatic hydroxyl groups is 1. The Balaban J connectivity index is 2.04. The zero-order valence-electron chi connectivity index (χ0n) is 12.6. The highest BCUT2D eigenvalue weighted by Gasteiger charge is 2.20. The molecule has 0 bridgehead atoms. The number of hydrogen-bond donors (Lipinski definition) is 2. The molecular weight excluding hydrogens is 262 g/mol. The first-order valence-corrected chi connectivity index (χ1v) is 7.70. The molecule has 0 radical (unpaired) electrons. The first-order chi connectivity index (χ1) is 10.2. The lowest BCUT2D eigenvalue weighted by atomic mass is 9.87. The summed E-state index contributed by atoms with van der Waals surface area (Å²) in [6, 6.07) is 7.68. The lowest BCUT2D eigenvalue weighted by Crippen LogP contribution is -2.37. The van der Waals surface area contributed by atoms with Gasteiger partial charge in [-0.3, -0.25) is 4.79 Å². The first-order valence-electron chi connectivity index (χ1n) is 7.70. The second-order valence-corrected chi connectivity index (χ2v) is 5.75. The van der Waals surface area contributed by atoms with Crippen molar-refractivity contribution in [2.24, 2.45) is 5.92 Å². The third-order valence-electron chi connectivity index (χ3n) is 3.98. The van der Waals surface area contributed by atoms with Crippen LogP contribution in [0.1, 0.15) is 54.9 Å². The molecule has 0 aromatic heterocycles. The highest BCUT2D eigenvalue weighted by Crippen LogP contribution is 2.23. The summed E-state index contributed by atoms with van der Waals surface area (Å²) in [5.41, 5.74) is 1.36. The highest BCUT2D eigenvalue weighted by atomic mass is 16.2. The number of rotatable bonds is 3. The fourth-order valence-electron chi connectivity index (χ4n) is 2.67. The van der Waals surface area contributed by atoms with E-state index >= 15 is 0 Å². The average molecular weight is 285 g/mol. The van der Waals surface area contributed by atoms with Crippen LogP contribution in [0.2, 0.25) is 0 Å². The van der Waals surface area contributed by atoms with E-state index in [1.165, 1.54) is 12.8 Å². The molecule has 1 fully saturated rings. The fraction of sp³-hybridized carbons (Fsp3) is 0.500. The Bertz CT molecular complexity index is 534. The van der Waals surface area contributed by atoms with Crippen LogP contribution in [0, 0.1) is 17.8 Å². The van der Waals surface area contributed by atoms with Crippen LogP contribution < -0.4 is 5.32 Å². The summed E-state index contributed by atoms with van der Waals surface area (Å²) >= 11 is 0. The molecule has 0 unspecified atom stereocenters. The minimum absolute atomic E-state index is 0.0385. The van der Waals surface area contributed by atoms with E-state index in [1.54, 1.807) is 0 Å². The van der Waals surface area contributed by atoms with Crippen molar-refractivity contribution in [2.75, 3.05) is 6.61 Å². The van der Waals surface area contributed by atoms with Crippen molar-refractivity contribution in [3.8, 4) is 11.8 Å². The number of aliphatic hydroxyl groups excluding tert-OH is 1.